The molecule has 0 atom stereocenters. The molecule has 0 saturated carbocycles. The molecule has 26 heavy (non-hydrogen) atoms. The Kier molecular flexibility index (Phi) is 4.99. The maximum absolute atomic E-state index is 12.7. The van der Waals surface area contributed by atoms with Crippen LogP contribution < -0.4 is 0 Å². The summed E-state index contributed by atoms with van der Waals surface area (Å²) in [5.74, 6) is -0.00393. The molecule has 0 radical (unpaired) electrons. The molecule has 3 aromatic rings. The number of piperazine rings is 1. The summed E-state index contributed by atoms with van der Waals surface area (Å²) < 4.78 is 0. The molecule has 1 aromatic carbocycles. The summed E-state index contributed by atoms with van der Waals surface area (Å²) in [5, 5.41) is 2.53. The van der Waals surface area contributed by atoms with Crippen LogP contribution in [0.3, 0.4) is 0 Å². The van der Waals surface area contributed by atoms with Crippen molar-refractivity contribution in [2.75, 3.05) is 26.2 Å². The number of carbonyl (C=O) groups excluding carboxylic acids is 1. The van der Waals surface area contributed by atoms with Crippen molar-refractivity contribution in [2.45, 2.75) is 6.54 Å². The number of carbonyl (C=O) groups is 1. The van der Waals surface area contributed by atoms with Gasteiger partial charge in [-0.15, -0.1) is 11.3 Å². The van der Waals surface area contributed by atoms with E-state index < -0.39 is 0 Å². The van der Waals surface area contributed by atoms with Crippen LogP contribution in [-0.4, -0.2) is 56.8 Å². The molecule has 7 heteroatoms. The highest BCUT2D eigenvalue weighted by molar-refractivity contribution is 7.13. The lowest BCUT2D eigenvalue weighted by Gasteiger charge is -2.34. The second kappa shape index (κ2) is 7.72. The van der Waals surface area contributed by atoms with E-state index >= 15 is 0 Å². The number of aromatic nitrogens is 3. The van der Waals surface area contributed by atoms with Crippen LogP contribution in [0.15, 0.2) is 54.3 Å². The first-order valence-electron chi connectivity index (χ1n) is 8.57. The van der Waals surface area contributed by atoms with Gasteiger partial charge in [-0.05, 0) is 5.56 Å². The lowest BCUT2D eigenvalue weighted by Crippen LogP contribution is -2.48. The molecule has 0 spiro atoms. The summed E-state index contributed by atoms with van der Waals surface area (Å²) in [5.41, 5.74) is 2.50. The summed E-state index contributed by atoms with van der Waals surface area (Å²) >= 11 is 1.43. The standard InChI is InChI=1S/C19H19N5OS/c25-19(17-14-26-18(22-17)16-12-20-6-7-21-16)24-10-8-23(9-11-24)13-15-4-2-1-3-5-15/h1-7,12,14H,8-11,13H2. The quantitative estimate of drug-likeness (QED) is 0.711. The molecule has 1 amide bonds. The Morgan fingerprint density at radius 2 is 1.88 bits per heavy atom. The van der Waals surface area contributed by atoms with E-state index in [2.05, 4.69) is 44.1 Å². The summed E-state index contributed by atoms with van der Waals surface area (Å²) in [6, 6.07) is 10.4. The summed E-state index contributed by atoms with van der Waals surface area (Å²) in [4.78, 5) is 29.7. The molecule has 6 nitrogen and oxygen atoms in total. The number of amides is 1. The van der Waals surface area contributed by atoms with Crippen LogP contribution in [0.4, 0.5) is 0 Å². The number of hydrogen-bond acceptors (Lipinski definition) is 6. The first kappa shape index (κ1) is 16.8. The lowest BCUT2D eigenvalue weighted by molar-refractivity contribution is 0.0623. The number of benzene rings is 1. The number of rotatable bonds is 4. The van der Waals surface area contributed by atoms with Crippen molar-refractivity contribution in [3.05, 3.63) is 65.6 Å². The monoisotopic (exact) mass is 365 g/mol. The van der Waals surface area contributed by atoms with Crippen LogP contribution in [0.25, 0.3) is 10.7 Å². The molecule has 0 unspecified atom stereocenters. The second-order valence-electron chi connectivity index (χ2n) is 6.18. The summed E-state index contributed by atoms with van der Waals surface area (Å²) in [6.07, 6.45) is 4.91. The Morgan fingerprint density at radius 3 is 2.62 bits per heavy atom. The topological polar surface area (TPSA) is 62.2 Å². The van der Waals surface area contributed by atoms with Gasteiger partial charge in [0.25, 0.3) is 5.91 Å². The van der Waals surface area contributed by atoms with Crippen LogP contribution in [0.2, 0.25) is 0 Å². The Bertz CT molecular complexity index is 860. The fraction of sp³-hybridized carbons (Fsp3) is 0.263. The zero-order valence-corrected chi connectivity index (χ0v) is 15.1. The van der Waals surface area contributed by atoms with Gasteiger partial charge < -0.3 is 4.90 Å². The van der Waals surface area contributed by atoms with Gasteiger partial charge in [-0.25, -0.2) is 4.98 Å². The molecule has 0 bridgehead atoms. The minimum absolute atomic E-state index is 0.00393. The fourth-order valence-electron chi connectivity index (χ4n) is 3.01. The van der Waals surface area contributed by atoms with Gasteiger partial charge in [0.2, 0.25) is 0 Å². The van der Waals surface area contributed by atoms with Gasteiger partial charge in [0, 0.05) is 50.5 Å². The van der Waals surface area contributed by atoms with E-state index in [1.807, 2.05) is 16.3 Å². The molecule has 2 aromatic heterocycles. The highest BCUT2D eigenvalue weighted by atomic mass is 32.1. The molecular weight excluding hydrogens is 346 g/mol. The minimum Gasteiger partial charge on any atom is -0.335 e. The van der Waals surface area contributed by atoms with E-state index in [9.17, 15) is 4.79 Å². The average Bonchev–Trinajstić information content (AvgIpc) is 3.20. The minimum atomic E-state index is -0.00393. The third kappa shape index (κ3) is 3.79. The third-order valence-electron chi connectivity index (χ3n) is 4.41. The van der Waals surface area contributed by atoms with Crippen molar-refractivity contribution in [3.63, 3.8) is 0 Å². The Labute approximate surface area is 156 Å². The normalized spacial score (nSPS) is 15.2. The van der Waals surface area contributed by atoms with Crippen molar-refractivity contribution in [1.29, 1.82) is 0 Å². The molecule has 1 fully saturated rings. The van der Waals surface area contributed by atoms with Gasteiger partial charge in [-0.3, -0.25) is 19.7 Å². The Balaban J connectivity index is 1.36. The molecule has 3 heterocycles. The van der Waals surface area contributed by atoms with Crippen LogP contribution >= 0.6 is 11.3 Å². The average molecular weight is 365 g/mol. The molecule has 0 N–H and O–H groups in total. The first-order chi connectivity index (χ1) is 12.8. The largest absolute Gasteiger partial charge is 0.335 e. The van der Waals surface area contributed by atoms with E-state index in [0.717, 1.165) is 37.7 Å². The maximum atomic E-state index is 12.7. The number of hydrogen-bond donors (Lipinski definition) is 0. The zero-order valence-electron chi connectivity index (χ0n) is 14.3. The van der Waals surface area contributed by atoms with Crippen molar-refractivity contribution in [3.8, 4) is 10.7 Å². The molecule has 1 aliphatic rings. The van der Waals surface area contributed by atoms with Crippen LogP contribution in [0.5, 0.6) is 0 Å². The summed E-state index contributed by atoms with van der Waals surface area (Å²) in [6.45, 7) is 4.13. The van der Waals surface area contributed by atoms with Gasteiger partial charge >= 0.3 is 0 Å². The van der Waals surface area contributed by atoms with Gasteiger partial charge in [0.15, 0.2) is 0 Å². The van der Waals surface area contributed by atoms with E-state index in [0.29, 0.717) is 11.4 Å². The highest BCUT2D eigenvalue weighted by Crippen LogP contribution is 2.22. The second-order valence-corrected chi connectivity index (χ2v) is 7.04. The van der Waals surface area contributed by atoms with Crippen molar-refractivity contribution in [2.24, 2.45) is 0 Å². The Hall–Kier alpha value is -2.64. The first-order valence-corrected chi connectivity index (χ1v) is 9.45. The maximum Gasteiger partial charge on any atom is 0.273 e. The summed E-state index contributed by atoms with van der Waals surface area (Å²) in [7, 11) is 0. The molecule has 0 aliphatic carbocycles. The van der Waals surface area contributed by atoms with Gasteiger partial charge in [0.1, 0.15) is 16.4 Å². The lowest BCUT2D eigenvalue weighted by atomic mass is 10.2. The Morgan fingerprint density at radius 1 is 1.08 bits per heavy atom. The SMILES string of the molecule is O=C(c1csc(-c2cnccn2)n1)N1CCN(Cc2ccccc2)CC1. The van der Waals surface area contributed by atoms with Crippen molar-refractivity contribution in [1.82, 2.24) is 24.8 Å². The van der Waals surface area contributed by atoms with Crippen molar-refractivity contribution >= 4 is 17.2 Å². The molecule has 1 saturated heterocycles. The zero-order chi connectivity index (χ0) is 17.8. The predicted molar refractivity (Wildman–Crippen MR) is 101 cm³/mol. The van der Waals surface area contributed by atoms with Crippen molar-refractivity contribution < 1.29 is 4.79 Å². The van der Waals surface area contributed by atoms with E-state index in [4.69, 9.17) is 0 Å². The van der Waals surface area contributed by atoms with Gasteiger partial charge in [-0.1, -0.05) is 30.3 Å². The van der Waals surface area contributed by atoms with E-state index in [1.165, 1.54) is 16.9 Å². The fourth-order valence-corrected chi connectivity index (χ4v) is 3.77. The van der Waals surface area contributed by atoms with E-state index in [1.54, 1.807) is 18.6 Å². The smallest absolute Gasteiger partial charge is 0.273 e. The predicted octanol–water partition coefficient (Wildman–Crippen LogP) is 2.56. The molecule has 1 aliphatic heterocycles. The van der Waals surface area contributed by atoms with Crippen LogP contribution in [0.1, 0.15) is 16.1 Å². The molecule has 4 rings (SSSR count). The third-order valence-corrected chi connectivity index (χ3v) is 5.28. The van der Waals surface area contributed by atoms with E-state index in [-0.39, 0.29) is 5.91 Å². The highest BCUT2D eigenvalue weighted by Gasteiger charge is 2.24. The van der Waals surface area contributed by atoms with Crippen LogP contribution in [0, 0.1) is 0 Å². The number of thiazole rings is 1. The van der Waals surface area contributed by atoms with Gasteiger partial charge in [0.05, 0.1) is 6.20 Å². The number of nitrogens with zero attached hydrogens (tertiary/aromatic N) is 5. The molecular formula is C19H19N5OS. The van der Waals surface area contributed by atoms with Gasteiger partial charge in [-0.2, -0.15) is 0 Å². The van der Waals surface area contributed by atoms with Crippen LogP contribution in [-0.2, 0) is 6.54 Å². The molecule has 132 valence electrons.